The lowest BCUT2D eigenvalue weighted by Crippen LogP contribution is -2.28. The highest BCUT2D eigenvalue weighted by molar-refractivity contribution is 5.70. The maximum Gasteiger partial charge on any atom is 0.306 e. The van der Waals surface area contributed by atoms with Gasteiger partial charge in [0.2, 0.25) is 0 Å². The van der Waals surface area contributed by atoms with Gasteiger partial charge in [0.15, 0.2) is 0 Å². The Morgan fingerprint density at radius 2 is 1.64 bits per heavy atom. The Bertz CT molecular complexity index is 212. The highest BCUT2D eigenvalue weighted by atomic mass is 16.4. The van der Waals surface area contributed by atoms with Crippen LogP contribution in [0.15, 0.2) is 0 Å². The first kappa shape index (κ1) is 10.0. The molecule has 2 saturated carbocycles. The fraction of sp³-hybridized carbons (Fsp3) is 0.917. The van der Waals surface area contributed by atoms with Gasteiger partial charge < -0.3 is 5.11 Å². The van der Waals surface area contributed by atoms with Crippen LogP contribution < -0.4 is 0 Å². The van der Waals surface area contributed by atoms with Crippen LogP contribution in [-0.4, -0.2) is 11.1 Å². The maximum atomic E-state index is 10.9. The lowest BCUT2D eigenvalue weighted by molar-refractivity contribution is -0.143. The molecule has 0 unspecified atom stereocenters. The topological polar surface area (TPSA) is 37.3 Å². The van der Waals surface area contributed by atoms with Crippen LogP contribution >= 0.6 is 0 Å². The van der Waals surface area contributed by atoms with E-state index in [9.17, 15) is 4.79 Å². The van der Waals surface area contributed by atoms with Gasteiger partial charge in [0.25, 0.3) is 0 Å². The molecule has 2 aliphatic rings. The van der Waals surface area contributed by atoms with Crippen LogP contribution in [0, 0.1) is 17.8 Å². The number of carboxylic acid groups (broad SMARTS) is 1. The van der Waals surface area contributed by atoms with Gasteiger partial charge in [0.05, 0.1) is 5.92 Å². The Morgan fingerprint density at radius 1 is 0.929 bits per heavy atom. The van der Waals surface area contributed by atoms with E-state index in [-0.39, 0.29) is 5.92 Å². The molecule has 2 fully saturated rings. The van der Waals surface area contributed by atoms with Gasteiger partial charge in [-0.1, -0.05) is 32.1 Å². The number of carbonyl (C=O) groups is 1. The lowest BCUT2D eigenvalue weighted by atomic mass is 9.72. The molecule has 0 spiro atoms. The average molecular weight is 196 g/mol. The molecule has 0 heterocycles. The molecule has 0 aromatic carbocycles. The molecular weight excluding hydrogens is 176 g/mol. The minimum Gasteiger partial charge on any atom is -0.481 e. The van der Waals surface area contributed by atoms with Gasteiger partial charge >= 0.3 is 5.97 Å². The lowest BCUT2D eigenvalue weighted by Gasteiger charge is -2.33. The zero-order chi connectivity index (χ0) is 9.97. The summed E-state index contributed by atoms with van der Waals surface area (Å²) in [5, 5.41) is 9.00. The second-order valence-corrected chi connectivity index (χ2v) is 5.01. The van der Waals surface area contributed by atoms with E-state index in [4.69, 9.17) is 5.11 Å². The van der Waals surface area contributed by atoms with E-state index in [1.165, 1.54) is 38.5 Å². The minimum absolute atomic E-state index is 0.0330. The molecule has 0 radical (unpaired) electrons. The summed E-state index contributed by atoms with van der Waals surface area (Å²) < 4.78 is 0. The Hall–Kier alpha value is -0.530. The predicted octanol–water partition coefficient (Wildman–Crippen LogP) is 3.07. The molecule has 0 saturated heterocycles. The number of hydrogen-bond acceptors (Lipinski definition) is 1. The highest BCUT2D eigenvalue weighted by Gasteiger charge is 2.33. The van der Waals surface area contributed by atoms with Crippen LogP contribution in [0.2, 0.25) is 0 Å². The molecule has 2 nitrogen and oxygen atoms in total. The molecule has 0 bridgehead atoms. The van der Waals surface area contributed by atoms with E-state index in [1.54, 1.807) is 0 Å². The molecular formula is C12H20O2. The van der Waals surface area contributed by atoms with E-state index < -0.39 is 5.97 Å². The third-order valence-corrected chi connectivity index (χ3v) is 4.14. The molecule has 14 heavy (non-hydrogen) atoms. The zero-order valence-corrected chi connectivity index (χ0v) is 8.74. The quantitative estimate of drug-likeness (QED) is 0.699. The summed E-state index contributed by atoms with van der Waals surface area (Å²) in [6.07, 6.45) is 9.76. The summed E-state index contributed by atoms with van der Waals surface area (Å²) in [5.74, 6) is 0.988. The smallest absolute Gasteiger partial charge is 0.306 e. The van der Waals surface area contributed by atoms with Crippen molar-refractivity contribution in [2.45, 2.75) is 51.4 Å². The second-order valence-electron chi connectivity index (χ2n) is 5.01. The van der Waals surface area contributed by atoms with Crippen molar-refractivity contribution in [3.8, 4) is 0 Å². The minimum atomic E-state index is -0.562. The monoisotopic (exact) mass is 196 g/mol. The van der Waals surface area contributed by atoms with Gasteiger partial charge in [-0.15, -0.1) is 0 Å². The molecule has 1 N–H and O–H groups in total. The molecule has 80 valence electrons. The largest absolute Gasteiger partial charge is 0.481 e. The van der Waals surface area contributed by atoms with Gasteiger partial charge in [-0.2, -0.15) is 0 Å². The zero-order valence-electron chi connectivity index (χ0n) is 8.74. The van der Waals surface area contributed by atoms with Crippen molar-refractivity contribution >= 4 is 5.97 Å². The maximum absolute atomic E-state index is 10.9. The van der Waals surface area contributed by atoms with Crippen molar-refractivity contribution in [2.75, 3.05) is 0 Å². The van der Waals surface area contributed by atoms with Crippen molar-refractivity contribution in [1.29, 1.82) is 0 Å². The first-order valence-electron chi connectivity index (χ1n) is 6.00. The SMILES string of the molecule is O=C(O)[C@H]1CC[C@H]2CCCCC[C@@H]2C1. The third kappa shape index (κ3) is 2.10. The molecule has 0 aliphatic heterocycles. The normalized spacial score (nSPS) is 38.4. The van der Waals surface area contributed by atoms with Crippen LogP contribution in [0.3, 0.4) is 0 Å². The highest BCUT2D eigenvalue weighted by Crippen LogP contribution is 2.41. The molecule has 2 heteroatoms. The summed E-state index contributed by atoms with van der Waals surface area (Å²) in [7, 11) is 0. The number of carboxylic acids is 1. The van der Waals surface area contributed by atoms with Gasteiger partial charge in [-0.25, -0.2) is 0 Å². The molecule has 0 aromatic heterocycles. The standard InChI is InChI=1S/C12H20O2/c13-12(14)11-7-6-9-4-2-1-3-5-10(9)8-11/h9-11H,1-8H2,(H,13,14)/t9-,10-,11+/m1/s1. The van der Waals surface area contributed by atoms with Crippen molar-refractivity contribution in [3.63, 3.8) is 0 Å². The number of fused-ring (bicyclic) bond motifs is 1. The number of aliphatic carboxylic acids is 1. The molecule has 3 atom stereocenters. The Kier molecular flexibility index (Phi) is 3.09. The third-order valence-electron chi connectivity index (χ3n) is 4.14. The summed E-state index contributed by atoms with van der Waals surface area (Å²) in [4.78, 5) is 10.9. The summed E-state index contributed by atoms with van der Waals surface area (Å²) >= 11 is 0. The summed E-state index contributed by atoms with van der Waals surface area (Å²) in [6, 6.07) is 0. The van der Waals surface area contributed by atoms with Crippen molar-refractivity contribution in [1.82, 2.24) is 0 Å². The number of rotatable bonds is 1. The van der Waals surface area contributed by atoms with Crippen LogP contribution in [0.1, 0.15) is 51.4 Å². The van der Waals surface area contributed by atoms with Gasteiger partial charge in [-0.3, -0.25) is 4.79 Å². The fourth-order valence-electron chi connectivity index (χ4n) is 3.27. The molecule has 0 amide bonds. The first-order valence-corrected chi connectivity index (χ1v) is 6.00. The van der Waals surface area contributed by atoms with Gasteiger partial charge in [0.1, 0.15) is 0 Å². The average Bonchev–Trinajstić information content (AvgIpc) is 2.41. The second kappa shape index (κ2) is 4.33. The molecule has 0 aromatic rings. The van der Waals surface area contributed by atoms with Gasteiger partial charge in [0, 0.05) is 0 Å². The Labute approximate surface area is 85.7 Å². The van der Waals surface area contributed by atoms with Crippen molar-refractivity contribution in [2.24, 2.45) is 17.8 Å². The first-order chi connectivity index (χ1) is 6.77. The summed E-state index contributed by atoms with van der Waals surface area (Å²) in [6.45, 7) is 0. The molecule has 2 rings (SSSR count). The van der Waals surface area contributed by atoms with Crippen LogP contribution in [0.4, 0.5) is 0 Å². The Morgan fingerprint density at radius 3 is 2.36 bits per heavy atom. The fourth-order valence-corrected chi connectivity index (χ4v) is 3.27. The van der Waals surface area contributed by atoms with Crippen LogP contribution in [-0.2, 0) is 4.79 Å². The molecule has 2 aliphatic carbocycles. The predicted molar refractivity (Wildman–Crippen MR) is 55.0 cm³/mol. The van der Waals surface area contributed by atoms with Crippen LogP contribution in [0.25, 0.3) is 0 Å². The Balaban J connectivity index is 1.96. The van der Waals surface area contributed by atoms with E-state index in [1.807, 2.05) is 0 Å². The van der Waals surface area contributed by atoms with E-state index in [2.05, 4.69) is 0 Å². The van der Waals surface area contributed by atoms with E-state index in [0.717, 1.165) is 24.7 Å². The van der Waals surface area contributed by atoms with E-state index >= 15 is 0 Å². The summed E-state index contributed by atoms with van der Waals surface area (Å²) in [5.41, 5.74) is 0. The van der Waals surface area contributed by atoms with Gasteiger partial charge in [-0.05, 0) is 31.1 Å². The van der Waals surface area contributed by atoms with Crippen LogP contribution in [0.5, 0.6) is 0 Å². The number of hydrogen-bond donors (Lipinski definition) is 1. The van der Waals surface area contributed by atoms with E-state index in [0.29, 0.717) is 0 Å². The van der Waals surface area contributed by atoms with Crippen molar-refractivity contribution < 1.29 is 9.90 Å². The van der Waals surface area contributed by atoms with Crippen molar-refractivity contribution in [3.05, 3.63) is 0 Å².